The summed E-state index contributed by atoms with van der Waals surface area (Å²) >= 11 is 0. The standard InChI is InChI=1S/C17H30O7.C2H4O2/c1-9(2)7-11-15(24-16(21)17(4,5)6)14(20)13(19)12(23-11)8-22-10(3)18;1-2(3)4/h9,11-15,19-20H,7-8H2,1-6H3;1H3,(H,3,4)/t11-,12-,13+,14-,15-;/m1./s1. The van der Waals surface area contributed by atoms with Crippen molar-refractivity contribution in [3.8, 4) is 0 Å². The molecular weight excluding hydrogens is 372 g/mol. The van der Waals surface area contributed by atoms with Crippen molar-refractivity contribution in [3.05, 3.63) is 0 Å². The molecule has 1 heterocycles. The van der Waals surface area contributed by atoms with E-state index in [0.717, 1.165) is 6.92 Å². The van der Waals surface area contributed by atoms with E-state index in [1.807, 2.05) is 13.8 Å². The Morgan fingerprint density at radius 2 is 1.54 bits per heavy atom. The van der Waals surface area contributed by atoms with Gasteiger partial charge in [0, 0.05) is 13.8 Å². The second-order valence-electron chi connectivity index (χ2n) is 8.27. The number of esters is 2. The van der Waals surface area contributed by atoms with Crippen molar-refractivity contribution >= 4 is 17.9 Å². The van der Waals surface area contributed by atoms with Crippen LogP contribution in [0.5, 0.6) is 0 Å². The van der Waals surface area contributed by atoms with Gasteiger partial charge in [-0.25, -0.2) is 0 Å². The lowest BCUT2D eigenvalue weighted by Gasteiger charge is -2.43. The molecule has 1 rings (SSSR count). The Hall–Kier alpha value is -1.71. The first kappa shape index (κ1) is 26.3. The molecule has 164 valence electrons. The third-order valence-corrected chi connectivity index (χ3v) is 3.79. The molecule has 0 saturated carbocycles. The van der Waals surface area contributed by atoms with E-state index in [0.29, 0.717) is 6.42 Å². The number of ether oxygens (including phenoxy) is 3. The Bertz CT molecular complexity index is 520. The maximum atomic E-state index is 12.2. The van der Waals surface area contributed by atoms with E-state index in [1.54, 1.807) is 20.8 Å². The molecule has 0 radical (unpaired) electrons. The number of aliphatic hydroxyl groups is 2. The number of aliphatic carboxylic acids is 1. The van der Waals surface area contributed by atoms with Crippen molar-refractivity contribution in [2.75, 3.05) is 6.61 Å². The molecule has 0 amide bonds. The third-order valence-electron chi connectivity index (χ3n) is 3.79. The van der Waals surface area contributed by atoms with Crippen LogP contribution in [0.4, 0.5) is 0 Å². The predicted octanol–water partition coefficient (Wildman–Crippen LogP) is 1.13. The SMILES string of the molecule is CC(=O)O.CC(=O)OC[C@H]1O[C@H](CC(C)C)[C@@H](OC(=O)C(C)(C)C)[C@H](O)[C@H]1O. The van der Waals surface area contributed by atoms with Gasteiger partial charge in [0.05, 0.1) is 11.5 Å². The number of hydrogen-bond donors (Lipinski definition) is 3. The number of carboxylic acids is 1. The maximum Gasteiger partial charge on any atom is 0.311 e. The lowest BCUT2D eigenvalue weighted by atomic mass is 9.89. The fourth-order valence-corrected chi connectivity index (χ4v) is 2.45. The molecule has 3 N–H and O–H groups in total. The Kier molecular flexibility index (Phi) is 10.6. The monoisotopic (exact) mass is 406 g/mol. The molecule has 1 aliphatic rings. The topological polar surface area (TPSA) is 140 Å². The van der Waals surface area contributed by atoms with Crippen LogP contribution in [0, 0.1) is 11.3 Å². The minimum absolute atomic E-state index is 0.165. The average molecular weight is 406 g/mol. The fraction of sp³-hybridized carbons (Fsp3) is 0.842. The summed E-state index contributed by atoms with van der Waals surface area (Å²) in [5.74, 6) is -1.58. The normalized spacial score (nSPS) is 27.4. The van der Waals surface area contributed by atoms with Gasteiger partial charge >= 0.3 is 11.9 Å². The van der Waals surface area contributed by atoms with Crippen molar-refractivity contribution in [3.63, 3.8) is 0 Å². The van der Waals surface area contributed by atoms with Crippen molar-refractivity contribution in [1.29, 1.82) is 0 Å². The molecule has 5 atom stereocenters. The summed E-state index contributed by atoms with van der Waals surface area (Å²) in [5, 5.41) is 28.1. The summed E-state index contributed by atoms with van der Waals surface area (Å²) < 4.78 is 16.1. The zero-order chi connectivity index (χ0) is 22.2. The molecule has 0 aromatic rings. The van der Waals surface area contributed by atoms with Gasteiger partial charge < -0.3 is 29.5 Å². The third kappa shape index (κ3) is 9.48. The van der Waals surface area contributed by atoms with Gasteiger partial charge in [0.1, 0.15) is 24.9 Å². The van der Waals surface area contributed by atoms with E-state index in [-0.39, 0.29) is 12.5 Å². The van der Waals surface area contributed by atoms with Gasteiger partial charge in [-0.05, 0) is 33.1 Å². The molecule has 0 aromatic carbocycles. The second kappa shape index (κ2) is 11.3. The number of carbonyl (C=O) groups is 3. The van der Waals surface area contributed by atoms with E-state index in [4.69, 9.17) is 24.1 Å². The van der Waals surface area contributed by atoms with Crippen LogP contribution in [0.3, 0.4) is 0 Å². The summed E-state index contributed by atoms with van der Waals surface area (Å²) in [5.41, 5.74) is -0.734. The molecule has 0 aliphatic carbocycles. The number of aliphatic hydroxyl groups excluding tert-OH is 2. The molecule has 9 heteroatoms. The van der Waals surface area contributed by atoms with E-state index in [1.165, 1.54) is 6.92 Å². The fourth-order valence-electron chi connectivity index (χ4n) is 2.45. The molecule has 0 spiro atoms. The summed E-state index contributed by atoms with van der Waals surface area (Å²) in [4.78, 5) is 32.1. The van der Waals surface area contributed by atoms with Gasteiger partial charge in [0.25, 0.3) is 5.97 Å². The summed E-state index contributed by atoms with van der Waals surface area (Å²) in [6.45, 7) is 11.3. The summed E-state index contributed by atoms with van der Waals surface area (Å²) in [7, 11) is 0. The second-order valence-corrected chi connectivity index (χ2v) is 8.27. The van der Waals surface area contributed by atoms with Crippen molar-refractivity contribution in [1.82, 2.24) is 0 Å². The molecular formula is C19H34O9. The minimum Gasteiger partial charge on any atom is -0.481 e. The van der Waals surface area contributed by atoms with Crippen LogP contribution in [-0.4, -0.2) is 70.4 Å². The zero-order valence-electron chi connectivity index (χ0n) is 17.7. The Labute approximate surface area is 166 Å². The highest BCUT2D eigenvalue weighted by Crippen LogP contribution is 2.30. The van der Waals surface area contributed by atoms with Crippen LogP contribution >= 0.6 is 0 Å². The Balaban J connectivity index is 0.00000165. The lowest BCUT2D eigenvalue weighted by molar-refractivity contribution is -0.245. The van der Waals surface area contributed by atoms with E-state index in [9.17, 15) is 19.8 Å². The molecule has 0 unspecified atom stereocenters. The number of rotatable bonds is 5. The van der Waals surface area contributed by atoms with E-state index in [2.05, 4.69) is 0 Å². The van der Waals surface area contributed by atoms with Gasteiger partial charge in [-0.3, -0.25) is 14.4 Å². The van der Waals surface area contributed by atoms with Crippen LogP contribution in [-0.2, 0) is 28.6 Å². The molecule has 9 nitrogen and oxygen atoms in total. The first-order chi connectivity index (χ1) is 12.7. The Morgan fingerprint density at radius 1 is 1.04 bits per heavy atom. The Morgan fingerprint density at radius 3 is 1.93 bits per heavy atom. The van der Waals surface area contributed by atoms with Gasteiger partial charge in [0.2, 0.25) is 0 Å². The summed E-state index contributed by atoms with van der Waals surface area (Å²) in [6.07, 6.45) is -4.52. The van der Waals surface area contributed by atoms with Crippen LogP contribution < -0.4 is 0 Å². The minimum atomic E-state index is -1.31. The number of hydrogen-bond acceptors (Lipinski definition) is 8. The molecule has 0 aromatic heterocycles. The molecule has 1 fully saturated rings. The number of carboxylic acid groups (broad SMARTS) is 1. The van der Waals surface area contributed by atoms with Crippen LogP contribution in [0.1, 0.15) is 54.9 Å². The molecule has 1 saturated heterocycles. The first-order valence-electron chi connectivity index (χ1n) is 9.22. The largest absolute Gasteiger partial charge is 0.481 e. The first-order valence-corrected chi connectivity index (χ1v) is 9.22. The lowest BCUT2D eigenvalue weighted by Crippen LogP contribution is -2.60. The van der Waals surface area contributed by atoms with Crippen LogP contribution in [0.25, 0.3) is 0 Å². The van der Waals surface area contributed by atoms with Gasteiger partial charge in [0.15, 0.2) is 6.10 Å². The van der Waals surface area contributed by atoms with Crippen LogP contribution in [0.15, 0.2) is 0 Å². The van der Waals surface area contributed by atoms with Crippen molar-refractivity contribution < 1.29 is 43.9 Å². The van der Waals surface area contributed by atoms with E-state index < -0.39 is 53.8 Å². The predicted molar refractivity (Wildman–Crippen MR) is 99.4 cm³/mol. The molecule has 28 heavy (non-hydrogen) atoms. The van der Waals surface area contributed by atoms with Crippen molar-refractivity contribution in [2.24, 2.45) is 11.3 Å². The average Bonchev–Trinajstić information content (AvgIpc) is 2.50. The highest BCUT2D eigenvalue weighted by atomic mass is 16.6. The van der Waals surface area contributed by atoms with Gasteiger partial charge in [-0.15, -0.1) is 0 Å². The number of carbonyl (C=O) groups excluding carboxylic acids is 2. The highest BCUT2D eigenvalue weighted by Gasteiger charge is 2.47. The highest BCUT2D eigenvalue weighted by molar-refractivity contribution is 5.75. The van der Waals surface area contributed by atoms with Gasteiger partial charge in [-0.1, -0.05) is 13.8 Å². The molecule has 0 bridgehead atoms. The van der Waals surface area contributed by atoms with Crippen molar-refractivity contribution in [2.45, 2.75) is 85.4 Å². The smallest absolute Gasteiger partial charge is 0.311 e. The van der Waals surface area contributed by atoms with E-state index >= 15 is 0 Å². The quantitative estimate of drug-likeness (QED) is 0.573. The molecule has 1 aliphatic heterocycles. The van der Waals surface area contributed by atoms with Crippen LogP contribution in [0.2, 0.25) is 0 Å². The summed E-state index contributed by atoms with van der Waals surface area (Å²) in [6, 6.07) is 0. The van der Waals surface area contributed by atoms with Gasteiger partial charge in [-0.2, -0.15) is 0 Å². The maximum absolute atomic E-state index is 12.2. The zero-order valence-corrected chi connectivity index (χ0v) is 17.7.